The molecule has 1 heterocycles. The second kappa shape index (κ2) is 6.33. The second-order valence-corrected chi connectivity index (χ2v) is 4.77. The summed E-state index contributed by atoms with van der Waals surface area (Å²) in [6, 6.07) is 6.62. The molecular formula is C14H18N2O3. The summed E-state index contributed by atoms with van der Waals surface area (Å²) >= 11 is 0. The van der Waals surface area contributed by atoms with Gasteiger partial charge < -0.3 is 15.7 Å². The number of benzene rings is 1. The van der Waals surface area contributed by atoms with E-state index in [1.54, 1.807) is 18.2 Å². The van der Waals surface area contributed by atoms with E-state index in [0.717, 1.165) is 31.5 Å². The molecule has 0 saturated carbocycles. The molecule has 5 heteroatoms. The average Bonchev–Trinajstić information content (AvgIpc) is 2.46. The number of piperidine rings is 1. The monoisotopic (exact) mass is 262 g/mol. The number of rotatable bonds is 4. The van der Waals surface area contributed by atoms with Gasteiger partial charge in [-0.2, -0.15) is 0 Å². The number of hydrogen-bond donors (Lipinski definition) is 3. The van der Waals surface area contributed by atoms with Crippen LogP contribution in [0.2, 0.25) is 0 Å². The summed E-state index contributed by atoms with van der Waals surface area (Å²) in [5.41, 5.74) is 1.04. The molecule has 1 fully saturated rings. The molecule has 0 radical (unpaired) electrons. The number of carboxylic acid groups (broad SMARTS) is 1. The van der Waals surface area contributed by atoms with Crippen LogP contribution in [0.3, 0.4) is 0 Å². The lowest BCUT2D eigenvalue weighted by atomic mass is 9.99. The van der Waals surface area contributed by atoms with Gasteiger partial charge in [0.2, 0.25) is 5.91 Å². The Labute approximate surface area is 112 Å². The van der Waals surface area contributed by atoms with E-state index >= 15 is 0 Å². The number of carbonyl (C=O) groups excluding carboxylic acids is 1. The van der Waals surface area contributed by atoms with Crippen LogP contribution in [0.1, 0.15) is 28.8 Å². The van der Waals surface area contributed by atoms with Crippen LogP contribution in [-0.2, 0) is 11.3 Å². The third-order valence-corrected chi connectivity index (χ3v) is 3.31. The lowest BCUT2D eigenvalue weighted by molar-refractivity contribution is -0.125. The van der Waals surface area contributed by atoms with Crippen LogP contribution in [0.25, 0.3) is 0 Å². The number of hydrogen-bond acceptors (Lipinski definition) is 3. The van der Waals surface area contributed by atoms with Crippen molar-refractivity contribution in [1.82, 2.24) is 10.6 Å². The lowest BCUT2D eigenvalue weighted by Crippen LogP contribution is -2.40. The smallest absolute Gasteiger partial charge is 0.335 e. The minimum Gasteiger partial charge on any atom is -0.478 e. The van der Waals surface area contributed by atoms with Crippen molar-refractivity contribution in [3.8, 4) is 0 Å². The van der Waals surface area contributed by atoms with Gasteiger partial charge in [0, 0.05) is 13.1 Å². The predicted molar refractivity (Wildman–Crippen MR) is 70.8 cm³/mol. The van der Waals surface area contributed by atoms with Gasteiger partial charge in [0.1, 0.15) is 0 Å². The molecule has 19 heavy (non-hydrogen) atoms. The zero-order chi connectivity index (χ0) is 13.7. The summed E-state index contributed by atoms with van der Waals surface area (Å²) in [4.78, 5) is 22.8. The highest BCUT2D eigenvalue weighted by Crippen LogP contribution is 2.10. The fourth-order valence-electron chi connectivity index (χ4n) is 2.22. The first-order valence-corrected chi connectivity index (χ1v) is 6.47. The largest absolute Gasteiger partial charge is 0.478 e. The van der Waals surface area contributed by atoms with E-state index in [2.05, 4.69) is 10.6 Å². The van der Waals surface area contributed by atoms with Crippen molar-refractivity contribution in [1.29, 1.82) is 0 Å². The average molecular weight is 262 g/mol. The molecule has 0 unspecified atom stereocenters. The van der Waals surface area contributed by atoms with Crippen molar-refractivity contribution >= 4 is 11.9 Å². The molecule has 1 aromatic carbocycles. The van der Waals surface area contributed by atoms with E-state index in [0.29, 0.717) is 6.54 Å². The summed E-state index contributed by atoms with van der Waals surface area (Å²) in [7, 11) is 0. The molecule has 102 valence electrons. The van der Waals surface area contributed by atoms with Crippen LogP contribution in [0.15, 0.2) is 24.3 Å². The van der Waals surface area contributed by atoms with Gasteiger partial charge in [-0.25, -0.2) is 4.79 Å². The Morgan fingerprint density at radius 3 is 2.95 bits per heavy atom. The summed E-state index contributed by atoms with van der Waals surface area (Å²) in [6.07, 6.45) is 1.93. The van der Waals surface area contributed by atoms with E-state index in [4.69, 9.17) is 5.11 Å². The van der Waals surface area contributed by atoms with E-state index < -0.39 is 5.97 Å². The van der Waals surface area contributed by atoms with Crippen LogP contribution in [0, 0.1) is 5.92 Å². The second-order valence-electron chi connectivity index (χ2n) is 4.77. The van der Waals surface area contributed by atoms with Gasteiger partial charge in [-0.15, -0.1) is 0 Å². The molecule has 0 bridgehead atoms. The summed E-state index contributed by atoms with van der Waals surface area (Å²) in [5, 5.41) is 15.0. The van der Waals surface area contributed by atoms with Gasteiger partial charge in [-0.1, -0.05) is 12.1 Å². The molecule has 0 aromatic heterocycles. The normalized spacial score (nSPS) is 18.8. The van der Waals surface area contributed by atoms with Crippen molar-refractivity contribution in [2.45, 2.75) is 19.4 Å². The predicted octanol–water partition coefficient (Wildman–Crippen LogP) is 1.00. The fourth-order valence-corrected chi connectivity index (χ4v) is 2.22. The highest BCUT2D eigenvalue weighted by atomic mass is 16.4. The molecule has 0 spiro atoms. The van der Waals surface area contributed by atoms with Gasteiger partial charge in [0.25, 0.3) is 0 Å². The first-order chi connectivity index (χ1) is 9.16. The molecule has 1 aromatic rings. The van der Waals surface area contributed by atoms with E-state index in [1.165, 1.54) is 0 Å². The highest BCUT2D eigenvalue weighted by Gasteiger charge is 2.20. The summed E-state index contributed by atoms with van der Waals surface area (Å²) in [6.45, 7) is 2.07. The topological polar surface area (TPSA) is 78.4 Å². The molecule has 1 saturated heterocycles. The molecule has 5 nitrogen and oxygen atoms in total. The number of nitrogens with one attached hydrogen (secondary N) is 2. The zero-order valence-electron chi connectivity index (χ0n) is 10.7. The Balaban J connectivity index is 1.89. The van der Waals surface area contributed by atoms with Crippen LogP contribution in [0.4, 0.5) is 0 Å². The SMILES string of the molecule is O=C(O)c1cccc(CNC(=O)[C@H]2CCCNC2)c1. The fraction of sp³-hybridized carbons (Fsp3) is 0.429. The maximum Gasteiger partial charge on any atom is 0.335 e. The maximum absolute atomic E-state index is 11.9. The zero-order valence-corrected chi connectivity index (χ0v) is 10.7. The molecular weight excluding hydrogens is 244 g/mol. The van der Waals surface area contributed by atoms with Gasteiger partial charge in [0.15, 0.2) is 0 Å². The standard InChI is InChI=1S/C14H18N2O3/c17-13(12-5-2-6-15-9-12)16-8-10-3-1-4-11(7-10)14(18)19/h1,3-4,7,12,15H,2,5-6,8-9H2,(H,16,17)(H,18,19)/t12-/m0/s1. The third kappa shape index (κ3) is 3.79. The third-order valence-electron chi connectivity index (χ3n) is 3.31. The molecule has 2 rings (SSSR count). The molecule has 3 N–H and O–H groups in total. The molecule has 1 amide bonds. The molecule has 0 aliphatic carbocycles. The Morgan fingerprint density at radius 1 is 1.42 bits per heavy atom. The van der Waals surface area contributed by atoms with E-state index in [9.17, 15) is 9.59 Å². The van der Waals surface area contributed by atoms with Crippen molar-refractivity contribution < 1.29 is 14.7 Å². The quantitative estimate of drug-likeness (QED) is 0.756. The van der Waals surface area contributed by atoms with Gasteiger partial charge in [-0.3, -0.25) is 4.79 Å². The number of aromatic carboxylic acids is 1. The minimum atomic E-state index is -0.954. The summed E-state index contributed by atoms with van der Waals surface area (Å²) in [5.74, 6) is -0.894. The number of carbonyl (C=O) groups is 2. The van der Waals surface area contributed by atoms with Gasteiger partial charge in [0.05, 0.1) is 11.5 Å². The Kier molecular flexibility index (Phi) is 4.52. The van der Waals surface area contributed by atoms with Crippen LogP contribution < -0.4 is 10.6 Å². The van der Waals surface area contributed by atoms with Crippen LogP contribution in [-0.4, -0.2) is 30.1 Å². The van der Waals surface area contributed by atoms with Gasteiger partial charge >= 0.3 is 5.97 Å². The van der Waals surface area contributed by atoms with Crippen molar-refractivity contribution in [3.05, 3.63) is 35.4 Å². The van der Waals surface area contributed by atoms with Crippen molar-refractivity contribution in [2.75, 3.05) is 13.1 Å². The number of carboxylic acids is 1. The maximum atomic E-state index is 11.9. The Bertz CT molecular complexity index is 468. The minimum absolute atomic E-state index is 0.0245. The Hall–Kier alpha value is -1.88. The van der Waals surface area contributed by atoms with Crippen LogP contribution in [0.5, 0.6) is 0 Å². The molecule has 1 aliphatic rings. The number of amides is 1. The van der Waals surface area contributed by atoms with Crippen molar-refractivity contribution in [2.24, 2.45) is 5.92 Å². The van der Waals surface area contributed by atoms with E-state index in [1.807, 2.05) is 6.07 Å². The first-order valence-electron chi connectivity index (χ1n) is 6.47. The van der Waals surface area contributed by atoms with Crippen molar-refractivity contribution in [3.63, 3.8) is 0 Å². The summed E-state index contributed by atoms with van der Waals surface area (Å²) < 4.78 is 0. The first kappa shape index (κ1) is 13.5. The van der Waals surface area contributed by atoms with Gasteiger partial charge in [-0.05, 0) is 37.1 Å². The van der Waals surface area contributed by atoms with E-state index in [-0.39, 0.29) is 17.4 Å². The molecule has 1 atom stereocenters. The van der Waals surface area contributed by atoms with Crippen LogP contribution >= 0.6 is 0 Å². The lowest BCUT2D eigenvalue weighted by Gasteiger charge is -2.21. The Morgan fingerprint density at radius 2 is 2.26 bits per heavy atom. The highest BCUT2D eigenvalue weighted by molar-refractivity contribution is 5.87. The molecule has 1 aliphatic heterocycles.